The summed E-state index contributed by atoms with van der Waals surface area (Å²) in [6.45, 7) is 4.45. The monoisotopic (exact) mass is 457 g/mol. The van der Waals surface area contributed by atoms with E-state index in [1.807, 2.05) is 26.0 Å². The fraction of sp³-hybridized carbons (Fsp3) is 0.185. The molecular formula is C27H23NO6. The number of rotatable bonds is 5. The first-order chi connectivity index (χ1) is 16.5. The molecule has 1 unspecified atom stereocenters. The van der Waals surface area contributed by atoms with Crippen LogP contribution in [0.1, 0.15) is 29.7 Å². The molecule has 1 amide bonds. The second-order valence-corrected chi connectivity index (χ2v) is 8.07. The van der Waals surface area contributed by atoms with Crippen molar-refractivity contribution in [1.82, 2.24) is 0 Å². The van der Waals surface area contributed by atoms with Gasteiger partial charge < -0.3 is 19.3 Å². The number of amides is 1. The maximum absolute atomic E-state index is 13.3. The number of nitrogens with zero attached hydrogens (tertiary/aromatic N) is 1. The highest BCUT2D eigenvalue weighted by atomic mass is 16.7. The Morgan fingerprint density at radius 1 is 1.00 bits per heavy atom. The lowest BCUT2D eigenvalue weighted by molar-refractivity contribution is -0.132. The zero-order chi connectivity index (χ0) is 23.8. The van der Waals surface area contributed by atoms with Crippen LogP contribution in [-0.2, 0) is 9.59 Å². The van der Waals surface area contributed by atoms with Gasteiger partial charge in [-0.2, -0.15) is 0 Å². The molecule has 0 bridgehead atoms. The second kappa shape index (κ2) is 8.59. The van der Waals surface area contributed by atoms with E-state index < -0.39 is 17.7 Å². The highest BCUT2D eigenvalue weighted by molar-refractivity contribution is 6.51. The minimum Gasteiger partial charge on any atom is -0.507 e. The van der Waals surface area contributed by atoms with Crippen molar-refractivity contribution in [3.05, 3.63) is 89.0 Å². The molecule has 2 aliphatic rings. The molecular weight excluding hydrogens is 434 g/mol. The van der Waals surface area contributed by atoms with Gasteiger partial charge in [-0.3, -0.25) is 14.5 Å². The molecule has 0 aromatic heterocycles. The maximum atomic E-state index is 13.3. The third-order valence-corrected chi connectivity index (χ3v) is 5.91. The molecule has 3 aromatic carbocycles. The van der Waals surface area contributed by atoms with E-state index in [1.54, 1.807) is 54.6 Å². The van der Waals surface area contributed by atoms with Crippen molar-refractivity contribution in [3.8, 4) is 17.2 Å². The molecule has 1 saturated heterocycles. The number of aliphatic hydroxyl groups is 1. The van der Waals surface area contributed by atoms with Crippen LogP contribution in [0.5, 0.6) is 17.2 Å². The largest absolute Gasteiger partial charge is 0.507 e. The number of carbonyl (C=O) groups excluding carboxylic acids is 2. The summed E-state index contributed by atoms with van der Waals surface area (Å²) in [4.78, 5) is 27.9. The third kappa shape index (κ3) is 3.65. The summed E-state index contributed by atoms with van der Waals surface area (Å²) in [5, 5.41) is 11.3. The number of aliphatic hydroxyl groups excluding tert-OH is 1. The molecule has 2 heterocycles. The summed E-state index contributed by atoms with van der Waals surface area (Å²) in [6, 6.07) is 18.6. The van der Waals surface area contributed by atoms with Gasteiger partial charge in [0.25, 0.3) is 11.7 Å². The van der Waals surface area contributed by atoms with Gasteiger partial charge in [-0.1, -0.05) is 29.8 Å². The Hall–Kier alpha value is -4.26. The number of Topliss-reactive ketones (excluding diaryl/α,β-unsaturated/α-hetero) is 1. The summed E-state index contributed by atoms with van der Waals surface area (Å²) in [5.41, 5.74) is 2.64. The van der Waals surface area contributed by atoms with E-state index in [1.165, 1.54) is 4.90 Å². The molecule has 0 aliphatic carbocycles. The smallest absolute Gasteiger partial charge is 0.300 e. The Morgan fingerprint density at radius 3 is 2.41 bits per heavy atom. The minimum absolute atomic E-state index is 0.00796. The first-order valence-corrected chi connectivity index (χ1v) is 11.0. The summed E-state index contributed by atoms with van der Waals surface area (Å²) in [6.07, 6.45) is 0. The van der Waals surface area contributed by atoms with Gasteiger partial charge in [0.2, 0.25) is 6.79 Å². The molecule has 1 atom stereocenters. The van der Waals surface area contributed by atoms with Gasteiger partial charge in [0, 0.05) is 11.3 Å². The van der Waals surface area contributed by atoms with Crippen LogP contribution in [-0.4, -0.2) is 30.2 Å². The molecule has 0 spiro atoms. The molecule has 3 aromatic rings. The van der Waals surface area contributed by atoms with E-state index in [4.69, 9.17) is 14.2 Å². The van der Waals surface area contributed by atoms with E-state index >= 15 is 0 Å². The Labute approximate surface area is 196 Å². The first-order valence-electron chi connectivity index (χ1n) is 11.0. The number of fused-ring (bicyclic) bond motifs is 1. The molecule has 0 saturated carbocycles. The number of ketones is 1. The predicted octanol–water partition coefficient (Wildman–Crippen LogP) is 4.75. The van der Waals surface area contributed by atoms with Crippen LogP contribution in [0.3, 0.4) is 0 Å². The summed E-state index contributed by atoms with van der Waals surface area (Å²) < 4.78 is 16.3. The Kier molecular flexibility index (Phi) is 5.45. The fourth-order valence-corrected chi connectivity index (χ4v) is 4.23. The number of carbonyl (C=O) groups is 2. The number of benzene rings is 3. The van der Waals surface area contributed by atoms with E-state index in [-0.39, 0.29) is 18.1 Å². The molecule has 1 fully saturated rings. The molecule has 172 valence electrons. The number of hydrogen-bond donors (Lipinski definition) is 1. The minimum atomic E-state index is -0.816. The molecule has 0 radical (unpaired) electrons. The molecule has 7 nitrogen and oxygen atoms in total. The quantitative estimate of drug-likeness (QED) is 0.338. The topological polar surface area (TPSA) is 85.3 Å². The van der Waals surface area contributed by atoms with Crippen molar-refractivity contribution in [2.24, 2.45) is 0 Å². The molecule has 2 aliphatic heterocycles. The standard InChI is InChI=1S/C27H23NO6/c1-3-32-20-11-6-17(7-12-20)24-23(25(29)18-8-13-21-22(14-18)34-15-33-21)26(30)27(31)28(24)19-9-4-16(2)5-10-19/h4-14,24,29H,3,15H2,1-2H3/b25-23-. The summed E-state index contributed by atoms with van der Waals surface area (Å²) >= 11 is 0. The first kappa shape index (κ1) is 21.6. The lowest BCUT2D eigenvalue weighted by atomic mass is 9.95. The van der Waals surface area contributed by atoms with Crippen molar-refractivity contribution >= 4 is 23.1 Å². The van der Waals surface area contributed by atoms with Crippen LogP contribution in [0.25, 0.3) is 5.76 Å². The maximum Gasteiger partial charge on any atom is 0.300 e. The van der Waals surface area contributed by atoms with Crippen molar-refractivity contribution < 1.29 is 28.9 Å². The van der Waals surface area contributed by atoms with Gasteiger partial charge in [0.15, 0.2) is 11.5 Å². The lowest BCUT2D eigenvalue weighted by Gasteiger charge is -2.25. The zero-order valence-electron chi connectivity index (χ0n) is 18.8. The van der Waals surface area contributed by atoms with Crippen molar-refractivity contribution in [3.63, 3.8) is 0 Å². The lowest BCUT2D eigenvalue weighted by Crippen LogP contribution is -2.29. The average Bonchev–Trinajstić information content (AvgIpc) is 3.42. The SMILES string of the molecule is CCOc1ccc(C2/C(=C(/O)c3ccc4c(c3)OCO4)C(=O)C(=O)N2c2ccc(C)cc2)cc1. The normalized spacial score (nSPS) is 18.4. The number of ether oxygens (including phenoxy) is 3. The Balaban J connectivity index is 1.67. The molecule has 1 N–H and O–H groups in total. The second-order valence-electron chi connectivity index (χ2n) is 8.07. The summed E-state index contributed by atoms with van der Waals surface area (Å²) in [7, 11) is 0. The van der Waals surface area contributed by atoms with Gasteiger partial charge in [-0.15, -0.1) is 0 Å². The fourth-order valence-electron chi connectivity index (χ4n) is 4.23. The molecule has 7 heteroatoms. The van der Waals surface area contributed by atoms with Crippen LogP contribution in [0.15, 0.2) is 72.3 Å². The van der Waals surface area contributed by atoms with Gasteiger partial charge in [-0.25, -0.2) is 0 Å². The van der Waals surface area contributed by atoms with Gasteiger partial charge in [0.1, 0.15) is 11.5 Å². The third-order valence-electron chi connectivity index (χ3n) is 5.91. The zero-order valence-corrected chi connectivity index (χ0v) is 18.8. The number of hydrogen-bond acceptors (Lipinski definition) is 6. The number of aryl methyl sites for hydroxylation is 1. The predicted molar refractivity (Wildman–Crippen MR) is 126 cm³/mol. The highest BCUT2D eigenvalue weighted by Crippen LogP contribution is 2.43. The highest BCUT2D eigenvalue weighted by Gasteiger charge is 2.47. The summed E-state index contributed by atoms with van der Waals surface area (Å²) in [5.74, 6) is -0.0340. The van der Waals surface area contributed by atoms with Gasteiger partial charge in [0.05, 0.1) is 18.2 Å². The van der Waals surface area contributed by atoms with Crippen LogP contribution in [0.4, 0.5) is 5.69 Å². The molecule has 5 rings (SSSR count). The Bertz CT molecular complexity index is 1290. The van der Waals surface area contributed by atoms with Crippen molar-refractivity contribution in [2.45, 2.75) is 19.9 Å². The Morgan fingerprint density at radius 2 is 1.71 bits per heavy atom. The van der Waals surface area contributed by atoms with E-state index in [0.29, 0.717) is 40.7 Å². The van der Waals surface area contributed by atoms with Crippen LogP contribution >= 0.6 is 0 Å². The van der Waals surface area contributed by atoms with Gasteiger partial charge >= 0.3 is 0 Å². The van der Waals surface area contributed by atoms with E-state index in [0.717, 1.165) is 5.56 Å². The average molecular weight is 457 g/mol. The van der Waals surface area contributed by atoms with E-state index in [9.17, 15) is 14.7 Å². The van der Waals surface area contributed by atoms with Crippen molar-refractivity contribution in [1.29, 1.82) is 0 Å². The van der Waals surface area contributed by atoms with E-state index in [2.05, 4.69) is 0 Å². The van der Waals surface area contributed by atoms with Crippen molar-refractivity contribution in [2.75, 3.05) is 18.3 Å². The number of anilines is 1. The van der Waals surface area contributed by atoms with Gasteiger partial charge in [-0.05, 0) is 61.9 Å². The molecule has 34 heavy (non-hydrogen) atoms. The van der Waals surface area contributed by atoms with Crippen LogP contribution in [0.2, 0.25) is 0 Å². The van der Waals surface area contributed by atoms with Crippen LogP contribution in [0, 0.1) is 6.92 Å². The van der Waals surface area contributed by atoms with Crippen LogP contribution < -0.4 is 19.1 Å².